The molecule has 0 spiro atoms. The van der Waals surface area contributed by atoms with Crippen LogP contribution in [0.25, 0.3) is 0 Å². The zero-order chi connectivity index (χ0) is 14.9. The van der Waals surface area contributed by atoms with Gasteiger partial charge in [0.05, 0.1) is 11.7 Å². The fourth-order valence-corrected chi connectivity index (χ4v) is 2.38. The van der Waals surface area contributed by atoms with Gasteiger partial charge in [-0.2, -0.15) is 0 Å². The van der Waals surface area contributed by atoms with Crippen molar-refractivity contribution < 1.29 is 15.0 Å². The van der Waals surface area contributed by atoms with Crippen LogP contribution in [0.4, 0.5) is 5.82 Å². The van der Waals surface area contributed by atoms with Crippen LogP contribution in [-0.2, 0) is 0 Å². The first-order chi connectivity index (χ1) is 9.38. The van der Waals surface area contributed by atoms with Gasteiger partial charge in [0.1, 0.15) is 5.82 Å². The molecule has 0 amide bonds. The van der Waals surface area contributed by atoms with Crippen LogP contribution in [0.5, 0.6) is 0 Å². The van der Waals surface area contributed by atoms with E-state index in [-0.39, 0.29) is 23.5 Å². The Morgan fingerprint density at radius 2 is 2.15 bits per heavy atom. The van der Waals surface area contributed by atoms with Crippen LogP contribution in [0.1, 0.15) is 49.2 Å². The number of aliphatic hydroxyl groups excluding tert-OH is 1. The number of carbonyl (C=O) groups is 1. The molecule has 2 heterocycles. The molecular formula is C15H22N2O3. The Morgan fingerprint density at radius 1 is 1.45 bits per heavy atom. The van der Waals surface area contributed by atoms with Crippen LogP contribution in [0.15, 0.2) is 12.1 Å². The number of hydrogen-bond donors (Lipinski definition) is 2. The first-order valence-corrected chi connectivity index (χ1v) is 7.06. The third-order valence-corrected chi connectivity index (χ3v) is 3.91. The summed E-state index contributed by atoms with van der Waals surface area (Å²) in [7, 11) is 0. The minimum absolute atomic E-state index is 0.168. The van der Waals surface area contributed by atoms with Gasteiger partial charge in [0.2, 0.25) is 0 Å². The lowest BCUT2D eigenvalue weighted by molar-refractivity contribution is 0.0696. The van der Waals surface area contributed by atoms with Gasteiger partial charge in [0, 0.05) is 18.8 Å². The molecule has 1 aromatic rings. The predicted molar refractivity (Wildman–Crippen MR) is 77.3 cm³/mol. The molecule has 0 aromatic carbocycles. The van der Waals surface area contributed by atoms with E-state index in [1.165, 1.54) is 0 Å². The molecule has 2 unspecified atom stereocenters. The van der Waals surface area contributed by atoms with Gasteiger partial charge < -0.3 is 15.1 Å². The summed E-state index contributed by atoms with van der Waals surface area (Å²) < 4.78 is 0. The summed E-state index contributed by atoms with van der Waals surface area (Å²) in [4.78, 5) is 17.8. The zero-order valence-corrected chi connectivity index (χ0v) is 12.2. The second-order valence-electron chi connectivity index (χ2n) is 5.88. The molecule has 110 valence electrons. The number of rotatable bonds is 3. The maximum absolute atomic E-state index is 11.2. The second kappa shape index (κ2) is 5.79. The molecule has 0 saturated carbocycles. The van der Waals surface area contributed by atoms with Crippen LogP contribution in [-0.4, -0.2) is 40.4 Å². The van der Waals surface area contributed by atoms with E-state index in [2.05, 4.69) is 4.98 Å². The zero-order valence-electron chi connectivity index (χ0n) is 12.2. The van der Waals surface area contributed by atoms with Crippen LogP contribution in [0.3, 0.4) is 0 Å². The lowest BCUT2D eigenvalue weighted by Crippen LogP contribution is -2.43. The Hall–Kier alpha value is -1.62. The monoisotopic (exact) mass is 278 g/mol. The molecule has 0 bridgehead atoms. The number of carboxylic acids is 1. The van der Waals surface area contributed by atoms with E-state index in [0.717, 1.165) is 18.7 Å². The largest absolute Gasteiger partial charge is 0.478 e. The van der Waals surface area contributed by atoms with E-state index in [1.807, 2.05) is 25.7 Å². The molecule has 1 fully saturated rings. The lowest BCUT2D eigenvalue weighted by atomic mass is 9.96. The number of aromatic nitrogens is 1. The van der Waals surface area contributed by atoms with Gasteiger partial charge >= 0.3 is 5.97 Å². The van der Waals surface area contributed by atoms with E-state index in [1.54, 1.807) is 12.1 Å². The predicted octanol–water partition coefficient (Wildman–Crippen LogP) is 2.11. The molecular weight excluding hydrogens is 256 g/mol. The highest BCUT2D eigenvalue weighted by atomic mass is 16.4. The molecule has 2 atom stereocenters. The number of carboxylic acid groups (broad SMARTS) is 1. The average molecular weight is 278 g/mol. The summed E-state index contributed by atoms with van der Waals surface area (Å²) in [6.07, 6.45) is 0.499. The Bertz CT molecular complexity index is 502. The van der Waals surface area contributed by atoms with E-state index in [9.17, 15) is 15.0 Å². The van der Waals surface area contributed by atoms with Crippen molar-refractivity contribution in [1.29, 1.82) is 0 Å². The highest BCUT2D eigenvalue weighted by Gasteiger charge is 2.26. The molecule has 0 radical (unpaired) electrons. The Labute approximate surface area is 119 Å². The molecule has 1 saturated heterocycles. The number of nitrogens with zero attached hydrogens (tertiary/aromatic N) is 2. The van der Waals surface area contributed by atoms with Crippen molar-refractivity contribution in [3.63, 3.8) is 0 Å². The summed E-state index contributed by atoms with van der Waals surface area (Å²) in [6.45, 7) is 7.32. The van der Waals surface area contributed by atoms with Crippen molar-refractivity contribution in [1.82, 2.24) is 4.98 Å². The Morgan fingerprint density at radius 3 is 2.70 bits per heavy atom. The molecule has 5 nitrogen and oxygen atoms in total. The van der Waals surface area contributed by atoms with Gasteiger partial charge in [-0.25, -0.2) is 9.78 Å². The first kappa shape index (κ1) is 14.8. The SMILES string of the molecule is CC(C)c1cc(C(=O)O)cc(N2CCC(C)C(O)C2)n1. The third kappa shape index (κ3) is 3.10. The summed E-state index contributed by atoms with van der Waals surface area (Å²) in [5.41, 5.74) is 1.03. The molecule has 1 aliphatic rings. The maximum Gasteiger partial charge on any atom is 0.335 e. The normalized spacial score (nSPS) is 23.1. The van der Waals surface area contributed by atoms with Crippen LogP contribution < -0.4 is 4.90 Å². The molecule has 2 rings (SSSR count). The highest BCUT2D eigenvalue weighted by molar-refractivity contribution is 5.88. The third-order valence-electron chi connectivity index (χ3n) is 3.91. The van der Waals surface area contributed by atoms with E-state index in [0.29, 0.717) is 12.4 Å². The van der Waals surface area contributed by atoms with Crippen molar-refractivity contribution in [2.24, 2.45) is 5.92 Å². The number of aromatic carboxylic acids is 1. The maximum atomic E-state index is 11.2. The highest BCUT2D eigenvalue weighted by Crippen LogP contribution is 2.25. The number of aliphatic hydroxyl groups is 1. The smallest absolute Gasteiger partial charge is 0.335 e. The number of anilines is 1. The minimum atomic E-state index is -0.943. The van der Waals surface area contributed by atoms with Gasteiger partial charge in [0.15, 0.2) is 0 Å². The van der Waals surface area contributed by atoms with E-state index >= 15 is 0 Å². The van der Waals surface area contributed by atoms with Crippen LogP contribution in [0.2, 0.25) is 0 Å². The standard InChI is InChI=1S/C15H22N2O3/c1-9(2)12-6-11(15(19)20)7-14(16-12)17-5-4-10(3)13(18)8-17/h6-7,9-10,13,18H,4-5,8H2,1-3H3,(H,19,20). The lowest BCUT2D eigenvalue weighted by Gasteiger charge is -2.35. The molecule has 2 N–H and O–H groups in total. The fourth-order valence-electron chi connectivity index (χ4n) is 2.38. The van der Waals surface area contributed by atoms with Crippen molar-refractivity contribution in [3.05, 3.63) is 23.4 Å². The van der Waals surface area contributed by atoms with Gasteiger partial charge in [-0.1, -0.05) is 20.8 Å². The van der Waals surface area contributed by atoms with Gasteiger partial charge in [0.25, 0.3) is 0 Å². The van der Waals surface area contributed by atoms with E-state index < -0.39 is 5.97 Å². The number of piperidine rings is 1. The fraction of sp³-hybridized carbons (Fsp3) is 0.600. The summed E-state index contributed by atoms with van der Waals surface area (Å²) in [6, 6.07) is 3.22. The topological polar surface area (TPSA) is 73.7 Å². The Kier molecular flexibility index (Phi) is 4.28. The number of pyridine rings is 1. The number of β-amino-alcohol motifs (C(OH)–C–C–N with tert-alkyl or cyclic N) is 1. The number of hydrogen-bond acceptors (Lipinski definition) is 4. The summed E-state index contributed by atoms with van der Waals surface area (Å²) >= 11 is 0. The van der Waals surface area contributed by atoms with Crippen LogP contribution in [0, 0.1) is 5.92 Å². The van der Waals surface area contributed by atoms with Crippen molar-refractivity contribution in [2.75, 3.05) is 18.0 Å². The minimum Gasteiger partial charge on any atom is -0.478 e. The van der Waals surface area contributed by atoms with Crippen LogP contribution >= 0.6 is 0 Å². The summed E-state index contributed by atoms with van der Waals surface area (Å²) in [5, 5.41) is 19.2. The molecule has 0 aliphatic carbocycles. The Balaban J connectivity index is 2.33. The molecule has 1 aromatic heterocycles. The first-order valence-electron chi connectivity index (χ1n) is 7.06. The van der Waals surface area contributed by atoms with E-state index in [4.69, 9.17) is 0 Å². The summed E-state index contributed by atoms with van der Waals surface area (Å²) in [5.74, 6) is 0.154. The van der Waals surface area contributed by atoms with Gasteiger partial charge in [-0.05, 0) is 30.4 Å². The van der Waals surface area contributed by atoms with Gasteiger partial charge in [-0.3, -0.25) is 0 Å². The second-order valence-corrected chi connectivity index (χ2v) is 5.88. The van der Waals surface area contributed by atoms with Crippen molar-refractivity contribution in [2.45, 2.75) is 39.2 Å². The van der Waals surface area contributed by atoms with Crippen molar-refractivity contribution in [3.8, 4) is 0 Å². The molecule has 1 aliphatic heterocycles. The van der Waals surface area contributed by atoms with Crippen molar-refractivity contribution >= 4 is 11.8 Å². The molecule has 20 heavy (non-hydrogen) atoms. The average Bonchev–Trinajstić information content (AvgIpc) is 2.41. The molecule has 5 heteroatoms. The van der Waals surface area contributed by atoms with Gasteiger partial charge in [-0.15, -0.1) is 0 Å². The quantitative estimate of drug-likeness (QED) is 0.886.